The van der Waals surface area contributed by atoms with Crippen LogP contribution in [0.2, 0.25) is 0 Å². The van der Waals surface area contributed by atoms with Crippen molar-refractivity contribution in [3.05, 3.63) is 0 Å². The second-order valence-electron chi connectivity index (χ2n) is 6.38. The molecular weight excluding hydrogens is 266 g/mol. The molecule has 0 N–H and O–H groups in total. The van der Waals surface area contributed by atoms with Gasteiger partial charge >= 0.3 is 6.09 Å². The normalized spacial score (nSPS) is 31.2. The Balaban J connectivity index is 2.05. The van der Waals surface area contributed by atoms with E-state index in [9.17, 15) is 4.79 Å². The first-order valence-electron chi connectivity index (χ1n) is 6.61. The van der Waals surface area contributed by atoms with Gasteiger partial charge in [-0.2, -0.15) is 0 Å². The smallest absolute Gasteiger partial charge is 0.410 e. The molecule has 2 unspecified atom stereocenters. The van der Waals surface area contributed by atoms with Gasteiger partial charge in [0, 0.05) is 18.7 Å². The lowest BCUT2D eigenvalue weighted by atomic mass is 9.84. The number of rotatable bonds is 2. The molecule has 0 aromatic rings. The third-order valence-electron chi connectivity index (χ3n) is 3.25. The van der Waals surface area contributed by atoms with Crippen molar-refractivity contribution in [1.82, 2.24) is 4.90 Å². The van der Waals surface area contributed by atoms with Crippen LogP contribution in [0.3, 0.4) is 0 Å². The van der Waals surface area contributed by atoms with Crippen molar-refractivity contribution in [2.24, 2.45) is 5.92 Å². The van der Waals surface area contributed by atoms with Gasteiger partial charge in [-0.1, -0.05) is 0 Å². The summed E-state index contributed by atoms with van der Waals surface area (Å²) in [5, 5.41) is 0. The first-order chi connectivity index (χ1) is 8.84. The third kappa shape index (κ3) is 3.77. The minimum Gasteiger partial charge on any atom is -0.444 e. The molecule has 2 saturated heterocycles. The summed E-state index contributed by atoms with van der Waals surface area (Å²) in [6.07, 6.45) is 2.59. The highest BCUT2D eigenvalue weighted by molar-refractivity contribution is 7.93. The number of amides is 1. The molecule has 2 atom stereocenters. The third-order valence-corrected chi connectivity index (χ3v) is 3.77. The van der Waals surface area contributed by atoms with E-state index < -0.39 is 5.60 Å². The van der Waals surface area contributed by atoms with Crippen LogP contribution in [0.15, 0.2) is 0 Å². The highest BCUT2D eigenvalue weighted by atomic mass is 32.2. The summed E-state index contributed by atoms with van der Waals surface area (Å²) < 4.78 is 16.8. The lowest BCUT2D eigenvalue weighted by molar-refractivity contribution is -0.129. The van der Waals surface area contributed by atoms with Crippen LogP contribution in [0.1, 0.15) is 27.2 Å². The minimum absolute atomic E-state index is 0.256. The zero-order chi connectivity index (χ0) is 14.1. The number of fused-ring (bicyclic) bond motifs is 2. The van der Waals surface area contributed by atoms with Gasteiger partial charge in [0.05, 0.1) is 19.8 Å². The predicted molar refractivity (Wildman–Crippen MR) is 74.1 cm³/mol. The molecule has 2 aliphatic rings. The maximum Gasteiger partial charge on any atom is 0.410 e. The highest BCUT2D eigenvalue weighted by Gasteiger charge is 2.46. The number of likely N-dealkylation sites (tertiary alicyclic amines) is 1. The fraction of sp³-hybridized carbons (Fsp3) is 0.923. The summed E-state index contributed by atoms with van der Waals surface area (Å²) in [6, 6.07) is 0. The van der Waals surface area contributed by atoms with Crippen LogP contribution in [0, 0.1) is 5.92 Å². The maximum atomic E-state index is 12.2. The molecule has 1 amide bonds. The fourth-order valence-electron chi connectivity index (χ4n) is 2.73. The second-order valence-corrected chi connectivity index (χ2v) is 6.88. The Labute approximate surface area is 119 Å². The van der Waals surface area contributed by atoms with E-state index in [1.54, 1.807) is 4.90 Å². The van der Waals surface area contributed by atoms with Crippen molar-refractivity contribution in [2.75, 3.05) is 32.6 Å². The summed E-state index contributed by atoms with van der Waals surface area (Å²) >= 11 is 1.34. The molecule has 110 valence electrons. The Morgan fingerprint density at radius 3 is 2.84 bits per heavy atom. The van der Waals surface area contributed by atoms with Crippen molar-refractivity contribution >= 4 is 18.1 Å². The lowest BCUT2D eigenvalue weighted by Crippen LogP contribution is -2.60. The SMILES string of the molecule is CSOC12COCC(CN(C(=O)OC(C)(C)C)C1)C2. The Bertz CT molecular complexity index is 340. The largest absolute Gasteiger partial charge is 0.444 e. The fourth-order valence-corrected chi connectivity index (χ4v) is 3.26. The van der Waals surface area contributed by atoms with Crippen LogP contribution in [0.4, 0.5) is 4.79 Å². The number of hydrogen-bond donors (Lipinski definition) is 0. The molecule has 0 radical (unpaired) electrons. The molecule has 6 heteroatoms. The van der Waals surface area contributed by atoms with Crippen LogP contribution in [0.5, 0.6) is 0 Å². The summed E-state index contributed by atoms with van der Waals surface area (Å²) in [7, 11) is 0. The number of hydrogen-bond acceptors (Lipinski definition) is 5. The summed E-state index contributed by atoms with van der Waals surface area (Å²) in [5.41, 5.74) is -0.842. The molecule has 0 aromatic carbocycles. The molecule has 0 spiro atoms. The molecule has 0 aromatic heterocycles. The number of piperidine rings is 1. The van der Waals surface area contributed by atoms with E-state index in [0.29, 0.717) is 32.2 Å². The maximum absolute atomic E-state index is 12.2. The second kappa shape index (κ2) is 5.50. The molecule has 2 aliphatic heterocycles. The van der Waals surface area contributed by atoms with Gasteiger partial charge in [0.2, 0.25) is 0 Å². The van der Waals surface area contributed by atoms with Gasteiger partial charge in [0.15, 0.2) is 0 Å². The zero-order valence-electron chi connectivity index (χ0n) is 12.1. The number of nitrogens with zero attached hydrogens (tertiary/aromatic N) is 1. The molecule has 0 aliphatic carbocycles. The van der Waals surface area contributed by atoms with E-state index in [-0.39, 0.29) is 11.7 Å². The van der Waals surface area contributed by atoms with Gasteiger partial charge in [0.25, 0.3) is 0 Å². The van der Waals surface area contributed by atoms with Gasteiger partial charge in [-0.3, -0.25) is 0 Å². The molecule has 0 saturated carbocycles. The molecule has 2 fully saturated rings. The minimum atomic E-state index is -0.465. The summed E-state index contributed by atoms with van der Waals surface area (Å²) in [5.74, 6) is 0.335. The van der Waals surface area contributed by atoms with E-state index in [2.05, 4.69) is 0 Å². The van der Waals surface area contributed by atoms with Crippen LogP contribution in [-0.2, 0) is 13.7 Å². The standard InChI is InChI=1S/C13H23NO4S/c1-12(2,3)17-11(15)14-6-10-5-13(8-14,18-19-4)9-16-7-10/h10H,5-9H2,1-4H3. The van der Waals surface area contributed by atoms with Crippen LogP contribution < -0.4 is 0 Å². The molecule has 2 bridgehead atoms. The van der Waals surface area contributed by atoms with Crippen LogP contribution >= 0.6 is 12.0 Å². The van der Waals surface area contributed by atoms with Crippen molar-refractivity contribution < 1.29 is 18.5 Å². The van der Waals surface area contributed by atoms with Crippen molar-refractivity contribution in [1.29, 1.82) is 0 Å². The van der Waals surface area contributed by atoms with Crippen LogP contribution in [-0.4, -0.2) is 54.8 Å². The van der Waals surface area contributed by atoms with Gasteiger partial charge in [0.1, 0.15) is 11.2 Å². The van der Waals surface area contributed by atoms with Crippen molar-refractivity contribution in [3.63, 3.8) is 0 Å². The van der Waals surface area contributed by atoms with E-state index in [4.69, 9.17) is 13.7 Å². The highest BCUT2D eigenvalue weighted by Crippen LogP contribution is 2.36. The predicted octanol–water partition coefficient (Wildman–Crippen LogP) is 2.31. The van der Waals surface area contributed by atoms with E-state index in [1.807, 2.05) is 27.0 Å². The average molecular weight is 289 g/mol. The quantitative estimate of drug-likeness (QED) is 0.730. The van der Waals surface area contributed by atoms with Gasteiger partial charge in [-0.25, -0.2) is 4.79 Å². The molecule has 2 rings (SSSR count). The zero-order valence-corrected chi connectivity index (χ0v) is 12.9. The average Bonchev–Trinajstić information content (AvgIpc) is 2.26. The van der Waals surface area contributed by atoms with Crippen molar-refractivity contribution in [2.45, 2.75) is 38.4 Å². The first-order valence-corrected chi connectivity index (χ1v) is 7.76. The molecular formula is C13H23NO4S. The van der Waals surface area contributed by atoms with E-state index in [1.165, 1.54) is 12.0 Å². The number of carbonyl (C=O) groups is 1. The Kier molecular flexibility index (Phi) is 4.32. The van der Waals surface area contributed by atoms with E-state index in [0.717, 1.165) is 6.42 Å². The van der Waals surface area contributed by atoms with E-state index >= 15 is 0 Å². The monoisotopic (exact) mass is 289 g/mol. The summed E-state index contributed by atoms with van der Waals surface area (Å²) in [6.45, 7) is 8.11. The molecule has 2 heterocycles. The topological polar surface area (TPSA) is 48.0 Å². The Morgan fingerprint density at radius 1 is 1.47 bits per heavy atom. The van der Waals surface area contributed by atoms with Crippen LogP contribution in [0.25, 0.3) is 0 Å². The summed E-state index contributed by atoms with van der Waals surface area (Å²) in [4.78, 5) is 14.0. The number of carbonyl (C=O) groups excluding carboxylic acids is 1. The number of ether oxygens (including phenoxy) is 2. The first kappa shape index (κ1) is 14.9. The van der Waals surface area contributed by atoms with Gasteiger partial charge in [-0.05, 0) is 39.2 Å². The molecule has 19 heavy (non-hydrogen) atoms. The Hall–Kier alpha value is -0.460. The molecule has 5 nitrogen and oxygen atoms in total. The van der Waals surface area contributed by atoms with Gasteiger partial charge in [-0.15, -0.1) is 0 Å². The van der Waals surface area contributed by atoms with Crippen molar-refractivity contribution in [3.8, 4) is 0 Å². The lowest BCUT2D eigenvalue weighted by Gasteiger charge is -2.48. The Morgan fingerprint density at radius 2 is 2.21 bits per heavy atom. The van der Waals surface area contributed by atoms with Gasteiger partial charge < -0.3 is 18.6 Å².